The Bertz CT molecular complexity index is 172. The van der Waals surface area contributed by atoms with Crippen LogP contribution in [0.1, 0.15) is 58.3 Å². The van der Waals surface area contributed by atoms with E-state index >= 15 is 0 Å². The lowest BCUT2D eigenvalue weighted by Crippen LogP contribution is -1.99. The van der Waals surface area contributed by atoms with E-state index in [0.29, 0.717) is 6.79 Å². The molecule has 0 unspecified atom stereocenters. The molecule has 0 aliphatic rings. The molecular formula is C15H29IO2. The molecule has 0 aromatic rings. The number of ether oxygens (including phenoxy) is 2. The van der Waals surface area contributed by atoms with Gasteiger partial charge in [-0.25, -0.2) is 0 Å². The third-order valence-corrected chi connectivity index (χ3v) is 3.48. The van der Waals surface area contributed by atoms with E-state index in [9.17, 15) is 0 Å². The number of allylic oxidation sites excluding steroid dienone is 1. The maximum Gasteiger partial charge on any atom is 0.146 e. The highest BCUT2D eigenvalue weighted by Gasteiger charge is 1.89. The van der Waals surface area contributed by atoms with Gasteiger partial charge in [-0.3, -0.25) is 0 Å². The monoisotopic (exact) mass is 368 g/mol. The lowest BCUT2D eigenvalue weighted by molar-refractivity contribution is -0.0476. The summed E-state index contributed by atoms with van der Waals surface area (Å²) >= 11 is 2.46. The van der Waals surface area contributed by atoms with Gasteiger partial charge in [-0.15, -0.1) is 0 Å². The van der Waals surface area contributed by atoms with Crippen LogP contribution in [0.5, 0.6) is 0 Å². The molecule has 3 heteroatoms. The highest BCUT2D eigenvalue weighted by Crippen LogP contribution is 2.08. The lowest BCUT2D eigenvalue weighted by Gasteiger charge is -2.01. The molecule has 0 heterocycles. The average Bonchev–Trinajstić information content (AvgIpc) is 2.39. The maximum atomic E-state index is 5.28. The second-order valence-corrected chi connectivity index (χ2v) is 5.46. The van der Waals surface area contributed by atoms with Crippen molar-refractivity contribution >= 4 is 22.6 Å². The first-order valence-corrected chi connectivity index (χ1v) is 8.80. The van der Waals surface area contributed by atoms with E-state index in [1.165, 1.54) is 49.4 Å². The van der Waals surface area contributed by atoms with Crippen LogP contribution >= 0.6 is 22.6 Å². The van der Waals surface area contributed by atoms with E-state index in [1.54, 1.807) is 0 Å². The molecule has 18 heavy (non-hydrogen) atoms. The van der Waals surface area contributed by atoms with Crippen molar-refractivity contribution in [2.24, 2.45) is 0 Å². The number of halogens is 1. The van der Waals surface area contributed by atoms with Gasteiger partial charge in [-0.1, -0.05) is 60.4 Å². The van der Waals surface area contributed by atoms with Crippen molar-refractivity contribution in [3.8, 4) is 0 Å². The second-order valence-electron chi connectivity index (χ2n) is 4.38. The minimum Gasteiger partial charge on any atom is -0.356 e. The fraction of sp³-hybridized carbons (Fsp3) is 0.867. The Hall–Kier alpha value is 0.390. The maximum absolute atomic E-state index is 5.28. The van der Waals surface area contributed by atoms with Gasteiger partial charge in [0.1, 0.15) is 6.79 Å². The number of hydrogen-bond donors (Lipinski definition) is 0. The van der Waals surface area contributed by atoms with Gasteiger partial charge in [0.05, 0.1) is 6.61 Å². The fourth-order valence-electron chi connectivity index (χ4n) is 1.65. The van der Waals surface area contributed by atoms with Crippen LogP contribution in [0.25, 0.3) is 0 Å². The smallest absolute Gasteiger partial charge is 0.146 e. The minimum atomic E-state index is 0.432. The Labute approximate surface area is 127 Å². The van der Waals surface area contributed by atoms with Crippen molar-refractivity contribution in [2.45, 2.75) is 58.3 Å². The highest BCUT2D eigenvalue weighted by atomic mass is 127. The van der Waals surface area contributed by atoms with Crippen LogP contribution in [-0.4, -0.2) is 24.4 Å². The van der Waals surface area contributed by atoms with Crippen molar-refractivity contribution in [3.05, 3.63) is 12.2 Å². The SMILES string of the molecule is CCOCOCCC=CCCCCCCCCI. The van der Waals surface area contributed by atoms with E-state index in [-0.39, 0.29) is 0 Å². The molecule has 0 aromatic heterocycles. The predicted octanol–water partition coefficient (Wildman–Crippen LogP) is 5.11. The summed E-state index contributed by atoms with van der Waals surface area (Å²) in [7, 11) is 0. The molecule has 0 saturated heterocycles. The van der Waals surface area contributed by atoms with Crippen LogP contribution in [0.3, 0.4) is 0 Å². The predicted molar refractivity (Wildman–Crippen MR) is 87.4 cm³/mol. The van der Waals surface area contributed by atoms with Crippen LogP contribution in [0.15, 0.2) is 12.2 Å². The van der Waals surface area contributed by atoms with E-state index < -0.39 is 0 Å². The fourth-order valence-corrected chi connectivity index (χ4v) is 2.19. The summed E-state index contributed by atoms with van der Waals surface area (Å²) in [6.45, 7) is 3.91. The van der Waals surface area contributed by atoms with E-state index in [2.05, 4.69) is 34.7 Å². The number of unbranched alkanes of at least 4 members (excludes halogenated alkanes) is 6. The Kier molecular flexibility index (Phi) is 17.8. The molecule has 0 aromatic carbocycles. The van der Waals surface area contributed by atoms with Crippen molar-refractivity contribution in [1.29, 1.82) is 0 Å². The zero-order chi connectivity index (χ0) is 13.3. The summed E-state index contributed by atoms with van der Waals surface area (Å²) in [5, 5.41) is 0. The van der Waals surface area contributed by atoms with Crippen LogP contribution in [0.2, 0.25) is 0 Å². The lowest BCUT2D eigenvalue weighted by atomic mass is 10.1. The van der Waals surface area contributed by atoms with Crippen LogP contribution in [0, 0.1) is 0 Å². The normalized spacial score (nSPS) is 11.4. The Morgan fingerprint density at radius 3 is 2.22 bits per heavy atom. The Morgan fingerprint density at radius 2 is 1.50 bits per heavy atom. The third-order valence-electron chi connectivity index (χ3n) is 2.72. The quantitative estimate of drug-likeness (QED) is 0.139. The summed E-state index contributed by atoms with van der Waals surface area (Å²) in [4.78, 5) is 0. The molecule has 0 rings (SSSR count). The van der Waals surface area contributed by atoms with E-state index in [4.69, 9.17) is 9.47 Å². The van der Waals surface area contributed by atoms with Gasteiger partial charge in [-0.2, -0.15) is 0 Å². The van der Waals surface area contributed by atoms with Gasteiger partial charge in [0.2, 0.25) is 0 Å². The van der Waals surface area contributed by atoms with E-state index in [0.717, 1.165) is 19.6 Å². The second kappa shape index (κ2) is 17.4. The summed E-state index contributed by atoms with van der Waals surface area (Å²) in [5.41, 5.74) is 0. The average molecular weight is 368 g/mol. The molecule has 0 N–H and O–H groups in total. The summed E-state index contributed by atoms with van der Waals surface area (Å²) in [6.07, 6.45) is 15.1. The van der Waals surface area contributed by atoms with Crippen molar-refractivity contribution in [2.75, 3.05) is 24.4 Å². The van der Waals surface area contributed by atoms with Gasteiger partial charge in [-0.05, 0) is 37.0 Å². The van der Waals surface area contributed by atoms with Crippen molar-refractivity contribution in [3.63, 3.8) is 0 Å². The van der Waals surface area contributed by atoms with Gasteiger partial charge in [0.15, 0.2) is 0 Å². The third kappa shape index (κ3) is 16.4. The number of alkyl halides is 1. The van der Waals surface area contributed by atoms with E-state index in [1.807, 2.05) is 6.92 Å². The van der Waals surface area contributed by atoms with Crippen LogP contribution < -0.4 is 0 Å². The molecule has 0 spiro atoms. The minimum absolute atomic E-state index is 0.432. The molecule has 0 atom stereocenters. The molecule has 0 fully saturated rings. The molecular weight excluding hydrogens is 339 g/mol. The first-order valence-electron chi connectivity index (χ1n) is 7.28. The van der Waals surface area contributed by atoms with Crippen LogP contribution in [-0.2, 0) is 9.47 Å². The molecule has 0 radical (unpaired) electrons. The molecule has 0 amide bonds. The zero-order valence-electron chi connectivity index (χ0n) is 11.8. The highest BCUT2D eigenvalue weighted by molar-refractivity contribution is 14.1. The van der Waals surface area contributed by atoms with Crippen molar-refractivity contribution in [1.82, 2.24) is 0 Å². The van der Waals surface area contributed by atoms with Gasteiger partial charge in [0.25, 0.3) is 0 Å². The van der Waals surface area contributed by atoms with Gasteiger partial charge in [0, 0.05) is 6.61 Å². The first-order chi connectivity index (χ1) is 8.91. The first kappa shape index (κ1) is 18.4. The molecule has 108 valence electrons. The largest absolute Gasteiger partial charge is 0.356 e. The molecule has 0 aliphatic carbocycles. The molecule has 2 nitrogen and oxygen atoms in total. The van der Waals surface area contributed by atoms with Crippen molar-refractivity contribution < 1.29 is 9.47 Å². The summed E-state index contributed by atoms with van der Waals surface area (Å²) in [5.74, 6) is 0. The Balaban J connectivity index is 3.00. The Morgan fingerprint density at radius 1 is 0.833 bits per heavy atom. The molecule has 0 saturated carbocycles. The zero-order valence-corrected chi connectivity index (χ0v) is 14.0. The standard InChI is InChI=1S/C15H29IO2/c1-2-17-15-18-14-12-10-8-6-4-3-5-7-9-11-13-16/h8,10H,2-7,9,11-15H2,1H3. The number of rotatable bonds is 14. The topological polar surface area (TPSA) is 18.5 Å². The van der Waals surface area contributed by atoms with Gasteiger partial charge >= 0.3 is 0 Å². The van der Waals surface area contributed by atoms with Gasteiger partial charge < -0.3 is 9.47 Å². The van der Waals surface area contributed by atoms with Crippen LogP contribution in [0.4, 0.5) is 0 Å². The molecule has 0 bridgehead atoms. The summed E-state index contributed by atoms with van der Waals surface area (Å²) in [6, 6.07) is 0. The molecule has 0 aliphatic heterocycles. The summed E-state index contributed by atoms with van der Waals surface area (Å²) < 4.78 is 11.7. The number of hydrogen-bond acceptors (Lipinski definition) is 2.